The van der Waals surface area contributed by atoms with Crippen molar-refractivity contribution in [3.8, 4) is 11.1 Å². The third kappa shape index (κ3) is 5.07. The molecular weight excluding hydrogens is 436 g/mol. The number of hydrogen-bond donors (Lipinski definition) is 3. The van der Waals surface area contributed by atoms with E-state index in [9.17, 15) is 19.5 Å². The Hall–Kier alpha value is -3.39. The van der Waals surface area contributed by atoms with Crippen LogP contribution < -0.4 is 10.6 Å². The van der Waals surface area contributed by atoms with E-state index < -0.39 is 29.6 Å². The number of carbonyl (C=O) groups excluding carboxylic acids is 2. The second-order valence-electron chi connectivity index (χ2n) is 9.03. The molecule has 0 aromatic heterocycles. The van der Waals surface area contributed by atoms with Gasteiger partial charge in [-0.2, -0.15) is 0 Å². The number of carboxylic acids is 1. The van der Waals surface area contributed by atoms with Gasteiger partial charge in [0.05, 0.1) is 18.6 Å². The van der Waals surface area contributed by atoms with E-state index in [1.54, 1.807) is 0 Å². The SMILES string of the molecule is COC[C@H](NC(=O)OCC1c2ccccc2-c2ccccc21)C(=O)NC1(CC(=O)O)CCCC1. The van der Waals surface area contributed by atoms with Gasteiger partial charge in [0, 0.05) is 13.0 Å². The van der Waals surface area contributed by atoms with Gasteiger partial charge >= 0.3 is 12.1 Å². The fourth-order valence-corrected chi connectivity index (χ4v) is 5.17. The van der Waals surface area contributed by atoms with Gasteiger partial charge in [-0.25, -0.2) is 4.79 Å². The lowest BCUT2D eigenvalue weighted by atomic mass is 9.92. The number of fused-ring (bicyclic) bond motifs is 3. The van der Waals surface area contributed by atoms with E-state index in [0.717, 1.165) is 35.1 Å². The smallest absolute Gasteiger partial charge is 0.407 e. The summed E-state index contributed by atoms with van der Waals surface area (Å²) in [4.78, 5) is 36.9. The molecule has 0 aliphatic heterocycles. The van der Waals surface area contributed by atoms with Crippen LogP contribution in [0.1, 0.15) is 49.1 Å². The highest BCUT2D eigenvalue weighted by molar-refractivity contribution is 5.87. The van der Waals surface area contributed by atoms with Crippen molar-refractivity contribution in [2.24, 2.45) is 0 Å². The van der Waals surface area contributed by atoms with Gasteiger partial charge in [0.15, 0.2) is 0 Å². The molecule has 0 spiro atoms. The first-order valence-corrected chi connectivity index (χ1v) is 11.6. The fourth-order valence-electron chi connectivity index (χ4n) is 5.17. The van der Waals surface area contributed by atoms with Crippen LogP contribution in [0.4, 0.5) is 4.79 Å². The molecular formula is C26H30N2O6. The third-order valence-electron chi connectivity index (χ3n) is 6.72. The number of alkyl carbamates (subject to hydrolysis) is 1. The largest absolute Gasteiger partial charge is 0.481 e. The molecule has 3 N–H and O–H groups in total. The van der Waals surface area contributed by atoms with Crippen LogP contribution in [-0.4, -0.2) is 55.0 Å². The van der Waals surface area contributed by atoms with Gasteiger partial charge in [0.2, 0.25) is 5.91 Å². The van der Waals surface area contributed by atoms with Gasteiger partial charge < -0.3 is 25.2 Å². The third-order valence-corrected chi connectivity index (χ3v) is 6.72. The maximum Gasteiger partial charge on any atom is 0.407 e. The van der Waals surface area contributed by atoms with Crippen LogP contribution in [0.5, 0.6) is 0 Å². The van der Waals surface area contributed by atoms with Crippen molar-refractivity contribution in [1.82, 2.24) is 10.6 Å². The predicted molar refractivity (Wildman–Crippen MR) is 125 cm³/mol. The van der Waals surface area contributed by atoms with Crippen LogP contribution in [0.3, 0.4) is 0 Å². The van der Waals surface area contributed by atoms with Crippen molar-refractivity contribution in [3.05, 3.63) is 59.7 Å². The van der Waals surface area contributed by atoms with Gasteiger partial charge in [-0.1, -0.05) is 61.4 Å². The number of carbonyl (C=O) groups is 3. The number of hydrogen-bond acceptors (Lipinski definition) is 5. The van der Waals surface area contributed by atoms with Crippen molar-refractivity contribution in [2.75, 3.05) is 20.3 Å². The molecule has 0 unspecified atom stereocenters. The highest BCUT2D eigenvalue weighted by Gasteiger charge is 2.39. The second-order valence-corrected chi connectivity index (χ2v) is 9.03. The normalized spacial score (nSPS) is 16.9. The highest BCUT2D eigenvalue weighted by atomic mass is 16.5. The van der Waals surface area contributed by atoms with Gasteiger partial charge in [-0.3, -0.25) is 9.59 Å². The second kappa shape index (κ2) is 10.3. The average Bonchev–Trinajstić information content (AvgIpc) is 3.39. The molecule has 0 radical (unpaired) electrons. The van der Waals surface area contributed by atoms with Crippen molar-refractivity contribution in [1.29, 1.82) is 0 Å². The molecule has 8 nitrogen and oxygen atoms in total. The van der Waals surface area contributed by atoms with E-state index in [-0.39, 0.29) is 25.6 Å². The van der Waals surface area contributed by atoms with E-state index in [0.29, 0.717) is 12.8 Å². The summed E-state index contributed by atoms with van der Waals surface area (Å²) in [7, 11) is 1.43. The van der Waals surface area contributed by atoms with Crippen molar-refractivity contribution in [3.63, 3.8) is 0 Å². The van der Waals surface area contributed by atoms with Crippen molar-refractivity contribution < 1.29 is 29.0 Å². The number of carboxylic acid groups (broad SMARTS) is 1. The Kier molecular flexibility index (Phi) is 7.17. The zero-order chi connectivity index (χ0) is 24.1. The predicted octanol–water partition coefficient (Wildman–Crippen LogP) is 3.44. The van der Waals surface area contributed by atoms with E-state index in [1.165, 1.54) is 7.11 Å². The molecule has 4 rings (SSSR count). The number of rotatable bonds is 9. The summed E-state index contributed by atoms with van der Waals surface area (Å²) in [5, 5.41) is 14.7. The lowest BCUT2D eigenvalue weighted by Gasteiger charge is -2.31. The molecule has 2 amide bonds. The summed E-state index contributed by atoms with van der Waals surface area (Å²) >= 11 is 0. The van der Waals surface area contributed by atoms with Crippen LogP contribution in [0, 0.1) is 0 Å². The molecule has 0 heterocycles. The topological polar surface area (TPSA) is 114 Å². The van der Waals surface area contributed by atoms with Crippen molar-refractivity contribution >= 4 is 18.0 Å². The zero-order valence-electron chi connectivity index (χ0n) is 19.2. The van der Waals surface area contributed by atoms with Gasteiger partial charge in [-0.05, 0) is 35.1 Å². The molecule has 1 fully saturated rings. The number of amides is 2. The Balaban J connectivity index is 1.40. The molecule has 1 atom stereocenters. The summed E-state index contributed by atoms with van der Waals surface area (Å²) in [5.41, 5.74) is 3.66. The zero-order valence-corrected chi connectivity index (χ0v) is 19.2. The van der Waals surface area contributed by atoms with Gasteiger partial charge in [0.25, 0.3) is 0 Å². The summed E-state index contributed by atoms with van der Waals surface area (Å²) in [5.74, 6) is -1.53. The van der Waals surface area contributed by atoms with E-state index >= 15 is 0 Å². The molecule has 2 aromatic rings. The number of methoxy groups -OCH3 is 1. The highest BCUT2D eigenvalue weighted by Crippen LogP contribution is 2.44. The molecule has 0 bridgehead atoms. The molecule has 2 aliphatic rings. The molecule has 2 aromatic carbocycles. The van der Waals surface area contributed by atoms with Crippen LogP contribution in [0.2, 0.25) is 0 Å². The minimum Gasteiger partial charge on any atom is -0.481 e. The molecule has 2 aliphatic carbocycles. The number of benzene rings is 2. The molecule has 34 heavy (non-hydrogen) atoms. The first kappa shape index (κ1) is 23.8. The lowest BCUT2D eigenvalue weighted by molar-refractivity contribution is -0.139. The summed E-state index contributed by atoms with van der Waals surface area (Å²) < 4.78 is 10.7. The standard InChI is InChI=1S/C26H30N2O6/c1-33-16-22(24(31)28-26(14-23(29)30)12-6-7-13-26)27-25(32)34-15-21-19-10-4-2-8-17(19)18-9-3-5-11-20(18)21/h2-5,8-11,21-22H,6-7,12-16H2,1H3,(H,27,32)(H,28,31)(H,29,30)/t22-/m0/s1. The van der Waals surface area contributed by atoms with E-state index in [4.69, 9.17) is 9.47 Å². The van der Waals surface area contributed by atoms with Crippen LogP contribution in [0.15, 0.2) is 48.5 Å². The minimum atomic E-state index is -0.994. The van der Waals surface area contributed by atoms with E-state index in [2.05, 4.69) is 22.8 Å². The van der Waals surface area contributed by atoms with Gasteiger partial charge in [0.1, 0.15) is 12.6 Å². The maximum atomic E-state index is 12.9. The average molecular weight is 467 g/mol. The Labute approximate surface area is 198 Å². The first-order valence-electron chi connectivity index (χ1n) is 11.6. The number of ether oxygens (including phenoxy) is 2. The summed E-state index contributed by atoms with van der Waals surface area (Å²) in [6, 6.07) is 15.1. The van der Waals surface area contributed by atoms with Crippen LogP contribution in [-0.2, 0) is 19.1 Å². The minimum absolute atomic E-state index is 0.0564. The quantitative estimate of drug-likeness (QED) is 0.522. The van der Waals surface area contributed by atoms with Crippen LogP contribution >= 0.6 is 0 Å². The molecule has 8 heteroatoms. The Morgan fingerprint density at radius 2 is 1.62 bits per heavy atom. The summed E-state index contributed by atoms with van der Waals surface area (Å²) in [6.45, 7) is 0.0727. The number of nitrogens with one attached hydrogen (secondary N) is 2. The molecule has 1 saturated carbocycles. The Morgan fingerprint density at radius 3 is 2.18 bits per heavy atom. The van der Waals surface area contributed by atoms with Crippen LogP contribution in [0.25, 0.3) is 11.1 Å². The van der Waals surface area contributed by atoms with Crippen molar-refractivity contribution in [2.45, 2.75) is 49.6 Å². The maximum absolute atomic E-state index is 12.9. The van der Waals surface area contributed by atoms with Gasteiger partial charge in [-0.15, -0.1) is 0 Å². The lowest BCUT2D eigenvalue weighted by Crippen LogP contribution is -2.56. The monoisotopic (exact) mass is 466 g/mol. The Bertz CT molecular complexity index is 1020. The summed E-state index contributed by atoms with van der Waals surface area (Å²) in [6.07, 6.45) is 2.01. The first-order chi connectivity index (χ1) is 16.4. The number of aliphatic carboxylic acids is 1. The Morgan fingerprint density at radius 1 is 1.03 bits per heavy atom. The fraction of sp³-hybridized carbons (Fsp3) is 0.423. The molecule has 0 saturated heterocycles. The van der Waals surface area contributed by atoms with E-state index in [1.807, 2.05) is 36.4 Å². The molecule has 180 valence electrons.